The Labute approximate surface area is 118 Å². The predicted molar refractivity (Wildman–Crippen MR) is 77.8 cm³/mol. The number of rotatable bonds is 5. The Morgan fingerprint density at radius 1 is 1.15 bits per heavy atom. The zero-order valence-corrected chi connectivity index (χ0v) is 11.1. The first-order valence-electron chi connectivity index (χ1n) is 6.84. The minimum Gasteiger partial charge on any atom is -0.478 e. The molecule has 0 aliphatic heterocycles. The Bertz CT molecular complexity index is 609. The maximum Gasteiger partial charge on any atom is 0.335 e. The van der Waals surface area contributed by atoms with E-state index in [2.05, 4.69) is 29.6 Å². The lowest BCUT2D eigenvalue weighted by Crippen LogP contribution is -2.17. The lowest BCUT2D eigenvalue weighted by Gasteiger charge is -2.05. The molecule has 0 spiro atoms. The number of hydrogen-bond donors (Lipinski definition) is 2. The fourth-order valence-corrected chi connectivity index (χ4v) is 2.55. The molecule has 3 nitrogen and oxygen atoms in total. The highest BCUT2D eigenvalue weighted by Crippen LogP contribution is 2.40. The van der Waals surface area contributed by atoms with E-state index in [4.69, 9.17) is 5.11 Å². The summed E-state index contributed by atoms with van der Waals surface area (Å²) in [5.41, 5.74) is 2.74. The van der Waals surface area contributed by atoms with Gasteiger partial charge in [0.1, 0.15) is 0 Å². The van der Waals surface area contributed by atoms with Crippen molar-refractivity contribution >= 4 is 5.97 Å². The van der Waals surface area contributed by atoms with Crippen LogP contribution < -0.4 is 5.32 Å². The SMILES string of the molecule is O=C(O)c1cccc(CNC2CC2c2ccccc2)c1. The molecule has 1 fully saturated rings. The van der Waals surface area contributed by atoms with Gasteiger partial charge in [-0.25, -0.2) is 4.79 Å². The number of hydrogen-bond acceptors (Lipinski definition) is 2. The molecular formula is C17H17NO2. The van der Waals surface area contributed by atoms with E-state index in [1.165, 1.54) is 5.56 Å². The van der Waals surface area contributed by atoms with Gasteiger partial charge in [-0.2, -0.15) is 0 Å². The Kier molecular flexibility index (Phi) is 3.52. The van der Waals surface area contributed by atoms with Gasteiger partial charge in [0, 0.05) is 18.5 Å². The second-order valence-corrected chi connectivity index (χ2v) is 5.25. The summed E-state index contributed by atoms with van der Waals surface area (Å²) < 4.78 is 0. The Morgan fingerprint density at radius 3 is 2.70 bits per heavy atom. The van der Waals surface area contributed by atoms with E-state index in [0.717, 1.165) is 18.5 Å². The van der Waals surface area contributed by atoms with E-state index in [0.29, 0.717) is 17.5 Å². The largest absolute Gasteiger partial charge is 0.478 e. The van der Waals surface area contributed by atoms with Crippen molar-refractivity contribution in [3.8, 4) is 0 Å². The van der Waals surface area contributed by atoms with E-state index in [9.17, 15) is 4.79 Å². The molecule has 2 unspecified atom stereocenters. The number of carboxylic acid groups (broad SMARTS) is 1. The van der Waals surface area contributed by atoms with Crippen LogP contribution in [0.25, 0.3) is 0 Å². The average Bonchev–Trinajstić information content (AvgIpc) is 3.26. The van der Waals surface area contributed by atoms with Gasteiger partial charge >= 0.3 is 5.97 Å². The summed E-state index contributed by atoms with van der Waals surface area (Å²) >= 11 is 0. The highest BCUT2D eigenvalue weighted by Gasteiger charge is 2.37. The minimum absolute atomic E-state index is 0.347. The topological polar surface area (TPSA) is 49.3 Å². The lowest BCUT2D eigenvalue weighted by molar-refractivity contribution is 0.0696. The van der Waals surface area contributed by atoms with Gasteiger partial charge in [-0.15, -0.1) is 0 Å². The molecule has 0 radical (unpaired) electrons. The molecule has 1 saturated carbocycles. The van der Waals surface area contributed by atoms with Crippen molar-refractivity contribution in [2.45, 2.75) is 24.9 Å². The van der Waals surface area contributed by atoms with Crippen LogP contribution in [0.5, 0.6) is 0 Å². The van der Waals surface area contributed by atoms with E-state index in [1.54, 1.807) is 18.2 Å². The molecule has 1 aliphatic rings. The second-order valence-electron chi connectivity index (χ2n) is 5.25. The third kappa shape index (κ3) is 2.89. The molecule has 1 aliphatic carbocycles. The van der Waals surface area contributed by atoms with E-state index < -0.39 is 5.97 Å². The molecule has 0 heterocycles. The first-order chi connectivity index (χ1) is 9.74. The first kappa shape index (κ1) is 12.9. The highest BCUT2D eigenvalue weighted by molar-refractivity contribution is 5.87. The standard InChI is InChI=1S/C17H17NO2/c19-17(20)14-8-4-5-12(9-14)11-18-16-10-15(16)13-6-2-1-3-7-13/h1-9,15-16,18H,10-11H2,(H,19,20). The van der Waals surface area contributed by atoms with Crippen LogP contribution in [-0.2, 0) is 6.54 Å². The highest BCUT2D eigenvalue weighted by atomic mass is 16.4. The normalized spacial score (nSPS) is 20.6. The van der Waals surface area contributed by atoms with Crippen molar-refractivity contribution < 1.29 is 9.90 Å². The van der Waals surface area contributed by atoms with Crippen molar-refractivity contribution in [2.24, 2.45) is 0 Å². The summed E-state index contributed by atoms with van der Waals surface area (Å²) in [6.45, 7) is 0.717. The van der Waals surface area contributed by atoms with Gasteiger partial charge in [0.05, 0.1) is 5.56 Å². The van der Waals surface area contributed by atoms with Crippen LogP contribution in [0, 0.1) is 0 Å². The summed E-state index contributed by atoms with van der Waals surface area (Å²) in [5, 5.41) is 12.5. The quantitative estimate of drug-likeness (QED) is 0.875. The maximum absolute atomic E-state index is 10.9. The van der Waals surface area contributed by atoms with Crippen molar-refractivity contribution in [2.75, 3.05) is 0 Å². The van der Waals surface area contributed by atoms with Gasteiger partial charge in [0.25, 0.3) is 0 Å². The number of benzene rings is 2. The van der Waals surface area contributed by atoms with Gasteiger partial charge < -0.3 is 10.4 Å². The minimum atomic E-state index is -0.875. The number of carboxylic acids is 1. The van der Waals surface area contributed by atoms with Crippen LogP contribution in [0.4, 0.5) is 0 Å². The van der Waals surface area contributed by atoms with Crippen LogP contribution in [-0.4, -0.2) is 17.1 Å². The molecule has 2 atom stereocenters. The lowest BCUT2D eigenvalue weighted by atomic mass is 10.1. The summed E-state index contributed by atoms with van der Waals surface area (Å²) in [7, 11) is 0. The molecule has 2 aromatic rings. The third-order valence-electron chi connectivity index (χ3n) is 3.76. The molecule has 20 heavy (non-hydrogen) atoms. The van der Waals surface area contributed by atoms with E-state index in [-0.39, 0.29) is 0 Å². The van der Waals surface area contributed by atoms with Crippen LogP contribution in [0.3, 0.4) is 0 Å². The van der Waals surface area contributed by atoms with Crippen molar-refractivity contribution in [1.29, 1.82) is 0 Å². The zero-order chi connectivity index (χ0) is 13.9. The van der Waals surface area contributed by atoms with Crippen molar-refractivity contribution in [3.05, 3.63) is 71.3 Å². The van der Waals surface area contributed by atoms with Crippen LogP contribution in [0.15, 0.2) is 54.6 Å². The molecule has 2 aromatic carbocycles. The molecule has 0 saturated heterocycles. The number of aromatic carboxylic acids is 1. The molecule has 2 N–H and O–H groups in total. The summed E-state index contributed by atoms with van der Waals surface area (Å²) in [6.07, 6.45) is 1.16. The molecule has 0 amide bonds. The predicted octanol–water partition coefficient (Wildman–Crippen LogP) is 3.03. The molecule has 0 aromatic heterocycles. The summed E-state index contributed by atoms with van der Waals surface area (Å²) in [5.74, 6) is -0.278. The maximum atomic E-state index is 10.9. The van der Waals surface area contributed by atoms with Gasteiger partial charge in [-0.05, 0) is 29.7 Å². The number of carbonyl (C=O) groups is 1. The number of nitrogens with one attached hydrogen (secondary N) is 1. The van der Waals surface area contributed by atoms with Crippen LogP contribution >= 0.6 is 0 Å². The Balaban J connectivity index is 1.56. The monoisotopic (exact) mass is 267 g/mol. The molecular weight excluding hydrogens is 250 g/mol. The Morgan fingerprint density at radius 2 is 1.95 bits per heavy atom. The van der Waals surface area contributed by atoms with E-state index in [1.807, 2.05) is 12.1 Å². The molecule has 3 rings (SSSR count). The van der Waals surface area contributed by atoms with Crippen LogP contribution in [0.2, 0.25) is 0 Å². The second kappa shape index (κ2) is 5.47. The van der Waals surface area contributed by atoms with Gasteiger partial charge in [0.15, 0.2) is 0 Å². The van der Waals surface area contributed by atoms with Crippen LogP contribution in [0.1, 0.15) is 33.8 Å². The smallest absolute Gasteiger partial charge is 0.335 e. The fourth-order valence-electron chi connectivity index (χ4n) is 2.55. The Hall–Kier alpha value is -2.13. The van der Waals surface area contributed by atoms with E-state index >= 15 is 0 Å². The van der Waals surface area contributed by atoms with Gasteiger partial charge in [-0.3, -0.25) is 0 Å². The van der Waals surface area contributed by atoms with Crippen molar-refractivity contribution in [3.63, 3.8) is 0 Å². The third-order valence-corrected chi connectivity index (χ3v) is 3.76. The fraction of sp³-hybridized carbons (Fsp3) is 0.235. The molecule has 0 bridgehead atoms. The summed E-state index contributed by atoms with van der Waals surface area (Å²) in [4.78, 5) is 10.9. The van der Waals surface area contributed by atoms with Gasteiger partial charge in [0.2, 0.25) is 0 Å². The van der Waals surface area contributed by atoms with Gasteiger partial charge in [-0.1, -0.05) is 42.5 Å². The summed E-state index contributed by atoms with van der Waals surface area (Å²) in [6, 6.07) is 18.1. The average molecular weight is 267 g/mol. The molecule has 3 heteroatoms. The zero-order valence-electron chi connectivity index (χ0n) is 11.1. The first-order valence-corrected chi connectivity index (χ1v) is 6.84. The molecule has 102 valence electrons. The van der Waals surface area contributed by atoms with Crippen molar-refractivity contribution in [1.82, 2.24) is 5.32 Å².